The lowest BCUT2D eigenvalue weighted by Gasteiger charge is -2.28. The number of carbonyl (C=O) groups is 1. The van der Waals surface area contributed by atoms with E-state index < -0.39 is 23.1 Å². The Labute approximate surface area is 280 Å². The number of ether oxygens (including phenoxy) is 2. The van der Waals surface area contributed by atoms with Crippen LogP contribution in [0.1, 0.15) is 23.0 Å². The number of nitrogens with zero attached hydrogens (tertiary/aromatic N) is 3. The highest BCUT2D eigenvalue weighted by atomic mass is 19.1. The molecule has 1 saturated heterocycles. The van der Waals surface area contributed by atoms with Crippen LogP contribution in [0.25, 0.3) is 22.6 Å². The summed E-state index contributed by atoms with van der Waals surface area (Å²) in [4.78, 5) is 36.7. The van der Waals surface area contributed by atoms with Crippen LogP contribution >= 0.6 is 0 Å². The first kappa shape index (κ1) is 32.8. The normalized spacial score (nSPS) is 13.2. The quantitative estimate of drug-likeness (QED) is 0.106. The van der Waals surface area contributed by atoms with Gasteiger partial charge >= 0.3 is 0 Å². The molecule has 11 nitrogen and oxygen atoms in total. The van der Waals surface area contributed by atoms with Crippen LogP contribution in [-0.4, -0.2) is 59.4 Å². The van der Waals surface area contributed by atoms with Gasteiger partial charge in [-0.3, -0.25) is 14.2 Å². The van der Waals surface area contributed by atoms with E-state index in [0.29, 0.717) is 11.4 Å². The summed E-state index contributed by atoms with van der Waals surface area (Å²) >= 11 is 0. The number of pyridine rings is 2. The molecule has 4 N–H and O–H groups in total. The minimum atomic E-state index is -0.823. The molecule has 0 bridgehead atoms. The highest BCUT2D eigenvalue weighted by Gasteiger charge is 2.22. The van der Waals surface area contributed by atoms with Gasteiger partial charge in [0.25, 0.3) is 11.5 Å². The number of nitrogens with one attached hydrogen (secondary N) is 4. The minimum absolute atomic E-state index is 0.0428. The summed E-state index contributed by atoms with van der Waals surface area (Å²) in [6, 6.07) is 16.2. The fourth-order valence-electron chi connectivity index (χ4n) is 5.49. The smallest absolute Gasteiger partial charge is 0.271 e. The van der Waals surface area contributed by atoms with Crippen molar-refractivity contribution < 1.29 is 23.0 Å². The average Bonchev–Trinajstić information content (AvgIpc) is 3.61. The van der Waals surface area contributed by atoms with Gasteiger partial charge in [0.05, 0.1) is 12.3 Å². The molecule has 4 heterocycles. The van der Waals surface area contributed by atoms with Gasteiger partial charge < -0.3 is 35.4 Å². The predicted molar refractivity (Wildman–Crippen MR) is 184 cm³/mol. The number of halogens is 2. The molecule has 1 fully saturated rings. The van der Waals surface area contributed by atoms with Crippen LogP contribution in [0.3, 0.4) is 0 Å². The van der Waals surface area contributed by atoms with E-state index in [1.54, 1.807) is 19.3 Å². The number of H-pyrrole nitrogens is 1. The summed E-state index contributed by atoms with van der Waals surface area (Å²) in [7, 11) is 0. The van der Waals surface area contributed by atoms with E-state index in [1.807, 2.05) is 18.2 Å². The third-order valence-electron chi connectivity index (χ3n) is 7.82. The van der Waals surface area contributed by atoms with Gasteiger partial charge in [0.1, 0.15) is 22.9 Å². The molecule has 0 radical (unpaired) electrons. The van der Waals surface area contributed by atoms with Crippen molar-refractivity contribution in [3.63, 3.8) is 0 Å². The molecular weight excluding hydrogens is 632 g/mol. The maximum Gasteiger partial charge on any atom is 0.271 e. The molecule has 250 valence electrons. The van der Waals surface area contributed by atoms with Crippen molar-refractivity contribution in [2.24, 2.45) is 0 Å². The molecule has 49 heavy (non-hydrogen) atoms. The Balaban J connectivity index is 1.24. The lowest BCUT2D eigenvalue weighted by molar-refractivity contribution is 0.102. The van der Waals surface area contributed by atoms with Gasteiger partial charge in [-0.25, -0.2) is 13.8 Å². The standard InChI is InChI=1S/C36H33F2N7O4/c1-2-48-30-12-18-45(26-6-3-24(37)4-7-26)36(47)33(30)35(46)43-25-5-8-29(28(38)22-25)49-31(9-13-39)34-27(11-15-42-34)23-10-14-41-32(21-23)44-19-16-40-17-20-44/h3-15,18,21-22,39-40,42H,2,16-17,19-20H2,1H3,(H,43,46)/b31-9+,39-13?. The molecule has 6 rings (SSSR count). The number of piperazine rings is 1. The number of benzene rings is 2. The molecule has 13 heteroatoms. The molecular formula is C36H33F2N7O4. The Kier molecular flexibility index (Phi) is 9.91. The molecule has 1 amide bonds. The molecule has 0 spiro atoms. The van der Waals surface area contributed by atoms with E-state index in [4.69, 9.17) is 14.9 Å². The highest BCUT2D eigenvalue weighted by molar-refractivity contribution is 6.06. The number of amides is 1. The minimum Gasteiger partial charge on any atom is -0.493 e. The zero-order valence-corrected chi connectivity index (χ0v) is 26.5. The van der Waals surface area contributed by atoms with Crippen molar-refractivity contribution in [3.8, 4) is 28.3 Å². The number of rotatable bonds is 11. The second-order valence-electron chi connectivity index (χ2n) is 10.9. The van der Waals surface area contributed by atoms with E-state index in [2.05, 4.69) is 25.5 Å². The number of aromatic amines is 1. The van der Waals surface area contributed by atoms with Gasteiger partial charge in [-0.1, -0.05) is 0 Å². The van der Waals surface area contributed by atoms with E-state index in [-0.39, 0.29) is 35.1 Å². The van der Waals surface area contributed by atoms with E-state index in [9.17, 15) is 14.0 Å². The maximum atomic E-state index is 15.5. The third kappa shape index (κ3) is 7.26. The summed E-state index contributed by atoms with van der Waals surface area (Å²) in [5.74, 6) is -1.18. The Morgan fingerprint density at radius 2 is 1.84 bits per heavy atom. The highest BCUT2D eigenvalue weighted by Crippen LogP contribution is 2.33. The first-order valence-corrected chi connectivity index (χ1v) is 15.6. The van der Waals surface area contributed by atoms with Crippen LogP contribution in [0.5, 0.6) is 11.5 Å². The summed E-state index contributed by atoms with van der Waals surface area (Å²) in [5, 5.41) is 13.6. The Morgan fingerprint density at radius 1 is 1.04 bits per heavy atom. The molecule has 1 aliphatic rings. The molecule has 3 aromatic heterocycles. The van der Waals surface area contributed by atoms with Crippen LogP contribution in [0, 0.1) is 17.0 Å². The molecule has 1 aliphatic heterocycles. The fourth-order valence-corrected chi connectivity index (χ4v) is 5.49. The second-order valence-corrected chi connectivity index (χ2v) is 10.9. The number of hydrogen-bond acceptors (Lipinski definition) is 8. The number of anilines is 2. The topological polar surface area (TPSA) is 137 Å². The van der Waals surface area contributed by atoms with Crippen LogP contribution < -0.4 is 30.6 Å². The summed E-state index contributed by atoms with van der Waals surface area (Å²) in [6.45, 7) is 5.30. The van der Waals surface area contributed by atoms with Crippen molar-refractivity contribution in [3.05, 3.63) is 125 Å². The van der Waals surface area contributed by atoms with Gasteiger partial charge in [0.2, 0.25) is 0 Å². The Morgan fingerprint density at radius 3 is 2.57 bits per heavy atom. The third-order valence-corrected chi connectivity index (χ3v) is 7.82. The van der Waals surface area contributed by atoms with Crippen molar-refractivity contribution >= 4 is 29.4 Å². The van der Waals surface area contributed by atoms with E-state index in [0.717, 1.165) is 55.4 Å². The predicted octanol–water partition coefficient (Wildman–Crippen LogP) is 5.64. The zero-order chi connectivity index (χ0) is 34.3. The van der Waals surface area contributed by atoms with Crippen LogP contribution in [0.15, 0.2) is 96.2 Å². The van der Waals surface area contributed by atoms with Gasteiger partial charge in [0, 0.05) is 80.1 Å². The Hall–Kier alpha value is -6.08. The van der Waals surface area contributed by atoms with Crippen LogP contribution in [0.2, 0.25) is 0 Å². The SMILES string of the molecule is CCOc1ccn(-c2ccc(F)cc2)c(=O)c1C(=O)Nc1ccc(O/C(=C/C=N)c2[nH]ccc2-c2ccnc(N3CCNCC3)c2)c(F)c1. The molecule has 0 unspecified atom stereocenters. The average molecular weight is 666 g/mol. The van der Waals surface area contributed by atoms with E-state index in [1.165, 1.54) is 59.3 Å². The second kappa shape index (κ2) is 14.8. The first-order valence-electron chi connectivity index (χ1n) is 15.6. The fraction of sp³-hybridized carbons (Fsp3) is 0.167. The number of hydrogen-bond donors (Lipinski definition) is 4. The monoisotopic (exact) mass is 665 g/mol. The van der Waals surface area contributed by atoms with Gasteiger partial charge in [0.15, 0.2) is 17.3 Å². The molecule has 5 aromatic rings. The summed E-state index contributed by atoms with van der Waals surface area (Å²) in [6.07, 6.45) is 7.34. The lowest BCUT2D eigenvalue weighted by atomic mass is 10.1. The van der Waals surface area contributed by atoms with E-state index >= 15 is 4.39 Å². The van der Waals surface area contributed by atoms with Gasteiger partial charge in [-0.2, -0.15) is 0 Å². The largest absolute Gasteiger partial charge is 0.493 e. The van der Waals surface area contributed by atoms with Crippen LogP contribution in [0.4, 0.5) is 20.3 Å². The van der Waals surface area contributed by atoms with Crippen molar-refractivity contribution in [1.82, 2.24) is 19.9 Å². The summed E-state index contributed by atoms with van der Waals surface area (Å²) < 4.78 is 41.7. The number of carbonyl (C=O) groups excluding carboxylic acids is 1. The first-order chi connectivity index (χ1) is 23.9. The van der Waals surface area contributed by atoms with Crippen LogP contribution in [-0.2, 0) is 0 Å². The van der Waals surface area contributed by atoms with Crippen molar-refractivity contribution in [2.45, 2.75) is 6.92 Å². The number of aromatic nitrogens is 3. The van der Waals surface area contributed by atoms with Gasteiger partial charge in [-0.15, -0.1) is 0 Å². The maximum absolute atomic E-state index is 15.5. The van der Waals surface area contributed by atoms with Crippen molar-refractivity contribution in [2.75, 3.05) is 43.0 Å². The number of allylic oxidation sites excluding steroid dienone is 1. The molecule has 0 aliphatic carbocycles. The lowest BCUT2D eigenvalue weighted by Crippen LogP contribution is -2.43. The molecule has 0 atom stereocenters. The summed E-state index contributed by atoms with van der Waals surface area (Å²) in [5.41, 5.74) is 1.57. The van der Waals surface area contributed by atoms with Crippen molar-refractivity contribution in [1.29, 1.82) is 5.41 Å². The molecule has 0 saturated carbocycles. The van der Waals surface area contributed by atoms with Gasteiger partial charge in [-0.05, 0) is 73.2 Å². The molecule has 2 aromatic carbocycles. The zero-order valence-electron chi connectivity index (χ0n) is 26.5. The Bertz CT molecular complexity index is 2070.